The molecule has 1 amide bonds. The molecule has 0 aromatic heterocycles. The summed E-state index contributed by atoms with van der Waals surface area (Å²) in [6.07, 6.45) is 1.41. The molecule has 1 atom stereocenters. The van der Waals surface area contributed by atoms with Crippen LogP contribution in [0.25, 0.3) is 0 Å². The van der Waals surface area contributed by atoms with Gasteiger partial charge in [-0.25, -0.2) is 4.39 Å². The molecule has 0 heterocycles. The Morgan fingerprint density at radius 2 is 2.38 bits per heavy atom. The van der Waals surface area contributed by atoms with E-state index in [1.165, 1.54) is 0 Å². The van der Waals surface area contributed by atoms with Crippen molar-refractivity contribution in [2.24, 2.45) is 5.92 Å². The van der Waals surface area contributed by atoms with Crippen LogP contribution in [0, 0.1) is 17.2 Å². The third-order valence-electron chi connectivity index (χ3n) is 2.34. The van der Waals surface area contributed by atoms with Crippen molar-refractivity contribution < 1.29 is 9.18 Å². The van der Waals surface area contributed by atoms with Crippen molar-refractivity contribution >= 4 is 5.91 Å². The predicted octanol–water partition coefficient (Wildman–Crippen LogP) is 1.15. The van der Waals surface area contributed by atoms with Crippen molar-refractivity contribution in [1.82, 2.24) is 5.32 Å². The first-order valence-electron chi connectivity index (χ1n) is 4.45. The van der Waals surface area contributed by atoms with Crippen molar-refractivity contribution in [1.29, 1.82) is 5.26 Å². The van der Waals surface area contributed by atoms with Gasteiger partial charge in [-0.3, -0.25) is 4.79 Å². The normalized spacial score (nSPS) is 21.0. The monoisotopic (exact) mass is 184 g/mol. The molecular formula is C9H13FN2O. The Bertz CT molecular complexity index is 242. The maximum atomic E-state index is 13.4. The number of carbonyl (C=O) groups excluding carboxylic acids is 1. The number of rotatable bonds is 3. The van der Waals surface area contributed by atoms with E-state index >= 15 is 0 Å². The molecule has 1 saturated carbocycles. The molecule has 0 bridgehead atoms. The highest BCUT2D eigenvalue weighted by molar-refractivity contribution is 5.85. The third kappa shape index (κ3) is 2.18. The van der Waals surface area contributed by atoms with E-state index in [4.69, 9.17) is 5.26 Å². The lowest BCUT2D eigenvalue weighted by Gasteiger charge is -2.32. The Labute approximate surface area is 76.9 Å². The molecule has 0 aromatic carbocycles. The van der Waals surface area contributed by atoms with Gasteiger partial charge in [-0.2, -0.15) is 5.26 Å². The first kappa shape index (κ1) is 9.97. The maximum Gasteiger partial charge on any atom is 0.257 e. The smallest absolute Gasteiger partial charge is 0.257 e. The van der Waals surface area contributed by atoms with Gasteiger partial charge in [0.2, 0.25) is 0 Å². The van der Waals surface area contributed by atoms with Crippen LogP contribution in [0.3, 0.4) is 0 Å². The van der Waals surface area contributed by atoms with Gasteiger partial charge in [0, 0.05) is 6.54 Å². The van der Waals surface area contributed by atoms with Gasteiger partial charge in [0.05, 0.1) is 12.0 Å². The van der Waals surface area contributed by atoms with Crippen LogP contribution in [-0.2, 0) is 4.79 Å². The fourth-order valence-corrected chi connectivity index (χ4v) is 1.16. The quantitative estimate of drug-likeness (QED) is 0.715. The zero-order valence-electron chi connectivity index (χ0n) is 7.64. The standard InChI is InChI=1S/C9H13FN2O/c1-7(5-11)6-12-8(13)9(10)3-2-4-9/h7H,2-4,6H2,1H3,(H,12,13). The number of hydrogen-bond donors (Lipinski definition) is 1. The maximum absolute atomic E-state index is 13.4. The molecule has 4 heteroatoms. The second-order valence-corrected chi connectivity index (χ2v) is 3.56. The average Bonchev–Trinajstić information content (AvgIpc) is 2.09. The third-order valence-corrected chi connectivity index (χ3v) is 2.34. The minimum Gasteiger partial charge on any atom is -0.352 e. The number of nitrogens with one attached hydrogen (secondary N) is 1. The zero-order valence-corrected chi connectivity index (χ0v) is 7.64. The Morgan fingerprint density at radius 1 is 1.77 bits per heavy atom. The SMILES string of the molecule is CC(C#N)CNC(=O)C1(F)CCC1. The average molecular weight is 184 g/mol. The summed E-state index contributed by atoms with van der Waals surface area (Å²) in [7, 11) is 0. The number of hydrogen-bond acceptors (Lipinski definition) is 2. The van der Waals surface area contributed by atoms with Crippen molar-refractivity contribution in [3.05, 3.63) is 0 Å². The number of nitrogens with zero attached hydrogens (tertiary/aromatic N) is 1. The Morgan fingerprint density at radius 3 is 2.77 bits per heavy atom. The molecule has 0 saturated heterocycles. The van der Waals surface area contributed by atoms with Gasteiger partial charge in [-0.1, -0.05) is 0 Å². The summed E-state index contributed by atoms with van der Waals surface area (Å²) >= 11 is 0. The van der Waals surface area contributed by atoms with E-state index in [1.54, 1.807) is 6.92 Å². The fraction of sp³-hybridized carbons (Fsp3) is 0.778. The lowest BCUT2D eigenvalue weighted by atomic mass is 9.81. The van der Waals surface area contributed by atoms with Gasteiger partial charge < -0.3 is 5.32 Å². The summed E-state index contributed by atoms with van der Waals surface area (Å²) in [5.74, 6) is -0.812. The Balaban J connectivity index is 2.30. The highest BCUT2D eigenvalue weighted by atomic mass is 19.1. The van der Waals surface area contributed by atoms with Crippen LogP contribution < -0.4 is 5.32 Å². The predicted molar refractivity (Wildman–Crippen MR) is 45.5 cm³/mol. The summed E-state index contributed by atoms with van der Waals surface area (Å²) in [5.41, 5.74) is -1.64. The molecule has 0 aromatic rings. The van der Waals surface area contributed by atoms with E-state index in [-0.39, 0.29) is 12.5 Å². The molecule has 1 unspecified atom stereocenters. The van der Waals surface area contributed by atoms with Gasteiger partial charge in [-0.05, 0) is 26.2 Å². The number of carbonyl (C=O) groups is 1. The number of alkyl halides is 1. The summed E-state index contributed by atoms with van der Waals surface area (Å²) in [6.45, 7) is 1.92. The lowest BCUT2D eigenvalue weighted by Crippen LogP contribution is -2.49. The van der Waals surface area contributed by atoms with Gasteiger partial charge in [0.25, 0.3) is 5.91 Å². The van der Waals surface area contributed by atoms with E-state index in [0.29, 0.717) is 12.8 Å². The molecule has 1 aliphatic carbocycles. The summed E-state index contributed by atoms with van der Waals surface area (Å²) in [5, 5.41) is 10.9. The second kappa shape index (κ2) is 3.73. The van der Waals surface area contributed by atoms with Crippen LogP contribution in [0.4, 0.5) is 4.39 Å². The number of halogens is 1. The molecule has 72 valence electrons. The largest absolute Gasteiger partial charge is 0.352 e. The summed E-state index contributed by atoms with van der Waals surface area (Å²) < 4.78 is 13.4. The van der Waals surface area contributed by atoms with Crippen molar-refractivity contribution in [3.8, 4) is 6.07 Å². The van der Waals surface area contributed by atoms with Gasteiger partial charge >= 0.3 is 0 Å². The summed E-state index contributed by atoms with van der Waals surface area (Å²) in [4.78, 5) is 11.2. The minimum absolute atomic E-state index is 0.237. The topological polar surface area (TPSA) is 52.9 Å². The Hall–Kier alpha value is -1.11. The molecule has 1 rings (SSSR count). The van der Waals surface area contributed by atoms with E-state index in [1.807, 2.05) is 6.07 Å². The van der Waals surface area contributed by atoms with Gasteiger partial charge in [-0.15, -0.1) is 0 Å². The minimum atomic E-state index is -1.64. The fourth-order valence-electron chi connectivity index (χ4n) is 1.16. The van der Waals surface area contributed by atoms with E-state index in [9.17, 15) is 9.18 Å². The molecule has 0 radical (unpaired) electrons. The summed E-state index contributed by atoms with van der Waals surface area (Å²) in [6, 6.07) is 1.97. The molecule has 0 aliphatic heterocycles. The first-order chi connectivity index (χ1) is 6.08. The van der Waals surface area contributed by atoms with Crippen molar-refractivity contribution in [3.63, 3.8) is 0 Å². The zero-order chi connectivity index (χ0) is 9.90. The van der Waals surface area contributed by atoms with E-state index < -0.39 is 11.6 Å². The molecule has 1 aliphatic rings. The highest BCUT2D eigenvalue weighted by Gasteiger charge is 2.44. The second-order valence-electron chi connectivity index (χ2n) is 3.56. The number of nitriles is 1. The van der Waals surface area contributed by atoms with Crippen LogP contribution in [0.5, 0.6) is 0 Å². The molecule has 0 spiro atoms. The molecule has 3 nitrogen and oxygen atoms in total. The van der Waals surface area contributed by atoms with Crippen molar-refractivity contribution in [2.75, 3.05) is 6.54 Å². The lowest BCUT2D eigenvalue weighted by molar-refractivity contribution is -0.138. The molecule has 1 N–H and O–H groups in total. The van der Waals surface area contributed by atoms with E-state index in [0.717, 1.165) is 6.42 Å². The van der Waals surface area contributed by atoms with Crippen LogP contribution in [0.2, 0.25) is 0 Å². The Kier molecular flexibility index (Phi) is 2.86. The van der Waals surface area contributed by atoms with Gasteiger partial charge in [0.1, 0.15) is 0 Å². The molecule has 13 heavy (non-hydrogen) atoms. The number of amides is 1. The van der Waals surface area contributed by atoms with Crippen LogP contribution >= 0.6 is 0 Å². The molecular weight excluding hydrogens is 171 g/mol. The van der Waals surface area contributed by atoms with Crippen molar-refractivity contribution in [2.45, 2.75) is 31.9 Å². The molecule has 1 fully saturated rings. The highest BCUT2D eigenvalue weighted by Crippen LogP contribution is 2.35. The first-order valence-corrected chi connectivity index (χ1v) is 4.45. The van der Waals surface area contributed by atoms with E-state index in [2.05, 4.69) is 5.32 Å². The van der Waals surface area contributed by atoms with Crippen LogP contribution in [0.15, 0.2) is 0 Å². The van der Waals surface area contributed by atoms with Crippen LogP contribution in [-0.4, -0.2) is 18.1 Å². The van der Waals surface area contributed by atoms with Crippen LogP contribution in [0.1, 0.15) is 26.2 Å². The van der Waals surface area contributed by atoms with Gasteiger partial charge in [0.15, 0.2) is 5.67 Å².